The highest BCUT2D eigenvalue weighted by Gasteiger charge is 2.22. The first kappa shape index (κ1) is 15.9. The second-order valence-electron chi connectivity index (χ2n) is 4.78. The van der Waals surface area contributed by atoms with Crippen molar-refractivity contribution in [2.24, 2.45) is 5.73 Å². The predicted octanol–water partition coefficient (Wildman–Crippen LogP) is 1.33. The van der Waals surface area contributed by atoms with Gasteiger partial charge in [0, 0.05) is 12.6 Å². The van der Waals surface area contributed by atoms with E-state index in [0.29, 0.717) is 24.3 Å². The zero-order valence-corrected chi connectivity index (χ0v) is 12.7. The normalized spacial score (nSPS) is 13.3. The number of sulfonamides is 1. The molecular formula is C13H22N2O3S. The van der Waals surface area contributed by atoms with Gasteiger partial charge in [-0.3, -0.25) is 0 Å². The summed E-state index contributed by atoms with van der Waals surface area (Å²) in [6.45, 7) is 5.81. The van der Waals surface area contributed by atoms with E-state index in [1.807, 2.05) is 19.9 Å². The summed E-state index contributed by atoms with van der Waals surface area (Å²) in [6.07, 6.45) is 0.590. The van der Waals surface area contributed by atoms with E-state index in [9.17, 15) is 8.42 Å². The molecule has 0 saturated heterocycles. The topological polar surface area (TPSA) is 81.4 Å². The van der Waals surface area contributed by atoms with Gasteiger partial charge < -0.3 is 10.5 Å². The Morgan fingerprint density at radius 2 is 2.00 bits per heavy atom. The van der Waals surface area contributed by atoms with E-state index in [1.165, 1.54) is 7.11 Å². The van der Waals surface area contributed by atoms with Gasteiger partial charge in [0.1, 0.15) is 10.6 Å². The molecule has 1 atom stereocenters. The zero-order chi connectivity index (χ0) is 14.6. The highest BCUT2D eigenvalue weighted by Crippen LogP contribution is 2.28. The zero-order valence-electron chi connectivity index (χ0n) is 11.9. The van der Waals surface area contributed by atoms with Crippen molar-refractivity contribution in [2.75, 3.05) is 13.7 Å². The standard InChI is InChI=1S/C13H22N2O3S/c1-9-7-10(2)13(12(8-9)18-4)19(16,17)15-6-5-11(3)14/h7-8,11,15H,5-6,14H2,1-4H3. The second kappa shape index (κ2) is 6.36. The van der Waals surface area contributed by atoms with Crippen molar-refractivity contribution in [1.82, 2.24) is 4.72 Å². The van der Waals surface area contributed by atoms with Gasteiger partial charge in [-0.25, -0.2) is 13.1 Å². The van der Waals surface area contributed by atoms with Crippen LogP contribution in [0.4, 0.5) is 0 Å². The van der Waals surface area contributed by atoms with Crippen molar-refractivity contribution in [1.29, 1.82) is 0 Å². The van der Waals surface area contributed by atoms with Crippen LogP contribution in [0.1, 0.15) is 24.5 Å². The third kappa shape index (κ3) is 4.19. The van der Waals surface area contributed by atoms with E-state index in [2.05, 4.69) is 4.72 Å². The molecule has 108 valence electrons. The molecule has 1 rings (SSSR count). The van der Waals surface area contributed by atoms with E-state index in [1.54, 1.807) is 13.0 Å². The molecule has 0 fully saturated rings. The molecule has 5 nitrogen and oxygen atoms in total. The molecule has 0 heterocycles. The van der Waals surface area contributed by atoms with Crippen LogP contribution in [-0.2, 0) is 10.0 Å². The summed E-state index contributed by atoms with van der Waals surface area (Å²) < 4.78 is 32.3. The lowest BCUT2D eigenvalue weighted by Gasteiger charge is -2.14. The van der Waals surface area contributed by atoms with E-state index in [4.69, 9.17) is 10.5 Å². The van der Waals surface area contributed by atoms with Crippen LogP contribution in [0.3, 0.4) is 0 Å². The Labute approximate surface area is 115 Å². The van der Waals surface area contributed by atoms with Gasteiger partial charge in [0.15, 0.2) is 0 Å². The largest absolute Gasteiger partial charge is 0.495 e. The molecule has 19 heavy (non-hydrogen) atoms. The number of hydrogen-bond donors (Lipinski definition) is 2. The SMILES string of the molecule is COc1cc(C)cc(C)c1S(=O)(=O)NCCC(C)N. The van der Waals surface area contributed by atoms with Gasteiger partial charge in [-0.2, -0.15) is 0 Å². The molecule has 0 aliphatic carbocycles. The minimum absolute atomic E-state index is 0.0382. The smallest absolute Gasteiger partial charge is 0.244 e. The van der Waals surface area contributed by atoms with Gasteiger partial charge >= 0.3 is 0 Å². The van der Waals surface area contributed by atoms with Gasteiger partial charge in [-0.15, -0.1) is 0 Å². The number of rotatable bonds is 6. The van der Waals surface area contributed by atoms with Crippen LogP contribution in [0.5, 0.6) is 5.75 Å². The number of benzene rings is 1. The first-order valence-electron chi connectivity index (χ1n) is 6.18. The van der Waals surface area contributed by atoms with Crippen molar-refractivity contribution >= 4 is 10.0 Å². The number of methoxy groups -OCH3 is 1. The lowest BCUT2D eigenvalue weighted by atomic mass is 10.1. The summed E-state index contributed by atoms with van der Waals surface area (Å²) in [5.41, 5.74) is 7.24. The maximum atomic E-state index is 12.3. The Morgan fingerprint density at radius 3 is 2.53 bits per heavy atom. The van der Waals surface area contributed by atoms with Gasteiger partial charge in [0.25, 0.3) is 0 Å². The Bertz CT molecular complexity index is 539. The molecule has 3 N–H and O–H groups in total. The van der Waals surface area contributed by atoms with Crippen molar-refractivity contribution in [2.45, 2.75) is 38.1 Å². The quantitative estimate of drug-likeness (QED) is 0.826. The summed E-state index contributed by atoms with van der Waals surface area (Å²) in [4.78, 5) is 0.199. The van der Waals surface area contributed by atoms with Gasteiger partial charge in [-0.1, -0.05) is 6.07 Å². The highest BCUT2D eigenvalue weighted by molar-refractivity contribution is 7.89. The fourth-order valence-corrected chi connectivity index (χ4v) is 3.33. The van der Waals surface area contributed by atoms with Gasteiger partial charge in [0.05, 0.1) is 7.11 Å². The molecule has 0 spiro atoms. The number of ether oxygens (including phenoxy) is 1. The number of hydrogen-bond acceptors (Lipinski definition) is 4. The van der Waals surface area contributed by atoms with E-state index in [0.717, 1.165) is 5.56 Å². The lowest BCUT2D eigenvalue weighted by Crippen LogP contribution is -2.29. The average molecular weight is 286 g/mol. The number of aryl methyl sites for hydroxylation is 2. The summed E-state index contributed by atoms with van der Waals surface area (Å²) in [5, 5.41) is 0. The first-order chi connectivity index (χ1) is 8.77. The maximum absolute atomic E-state index is 12.3. The summed E-state index contributed by atoms with van der Waals surface area (Å²) >= 11 is 0. The molecule has 1 unspecified atom stereocenters. The van der Waals surface area contributed by atoms with Gasteiger partial charge in [0.2, 0.25) is 10.0 Å². The fourth-order valence-electron chi connectivity index (χ4n) is 1.90. The Balaban J connectivity index is 3.07. The van der Waals surface area contributed by atoms with Gasteiger partial charge in [-0.05, 0) is 44.4 Å². The number of nitrogens with one attached hydrogen (secondary N) is 1. The lowest BCUT2D eigenvalue weighted by molar-refractivity contribution is 0.401. The molecule has 1 aromatic rings. The molecule has 0 saturated carbocycles. The summed E-state index contributed by atoms with van der Waals surface area (Å²) in [7, 11) is -2.11. The summed E-state index contributed by atoms with van der Waals surface area (Å²) in [6, 6.07) is 3.50. The first-order valence-corrected chi connectivity index (χ1v) is 7.66. The van der Waals surface area contributed by atoms with Crippen LogP contribution in [0, 0.1) is 13.8 Å². The van der Waals surface area contributed by atoms with Crippen molar-refractivity contribution in [3.63, 3.8) is 0 Å². The van der Waals surface area contributed by atoms with Crippen molar-refractivity contribution in [3.05, 3.63) is 23.3 Å². The molecule has 1 aromatic carbocycles. The molecule has 0 bridgehead atoms. The monoisotopic (exact) mass is 286 g/mol. The van der Waals surface area contributed by atoms with Crippen molar-refractivity contribution in [3.8, 4) is 5.75 Å². The van der Waals surface area contributed by atoms with E-state index in [-0.39, 0.29) is 10.9 Å². The molecule has 0 radical (unpaired) electrons. The van der Waals surface area contributed by atoms with E-state index < -0.39 is 10.0 Å². The van der Waals surface area contributed by atoms with Crippen LogP contribution in [0.2, 0.25) is 0 Å². The van der Waals surface area contributed by atoms with Crippen LogP contribution >= 0.6 is 0 Å². The minimum Gasteiger partial charge on any atom is -0.495 e. The number of nitrogens with two attached hydrogens (primary N) is 1. The fraction of sp³-hybridized carbons (Fsp3) is 0.538. The van der Waals surface area contributed by atoms with Crippen LogP contribution < -0.4 is 15.2 Å². The molecule has 0 aliphatic heterocycles. The molecule has 6 heteroatoms. The summed E-state index contributed by atoms with van der Waals surface area (Å²) in [5.74, 6) is 0.366. The minimum atomic E-state index is -3.58. The van der Waals surface area contributed by atoms with Crippen LogP contribution in [0.25, 0.3) is 0 Å². The third-order valence-electron chi connectivity index (χ3n) is 2.77. The highest BCUT2D eigenvalue weighted by atomic mass is 32.2. The maximum Gasteiger partial charge on any atom is 0.244 e. The Hall–Kier alpha value is -1.11. The molecule has 0 amide bonds. The Morgan fingerprint density at radius 1 is 1.37 bits per heavy atom. The second-order valence-corrected chi connectivity index (χ2v) is 6.48. The third-order valence-corrected chi connectivity index (χ3v) is 4.41. The average Bonchev–Trinajstić information content (AvgIpc) is 2.26. The molecular weight excluding hydrogens is 264 g/mol. The van der Waals surface area contributed by atoms with Crippen LogP contribution in [0.15, 0.2) is 17.0 Å². The van der Waals surface area contributed by atoms with Crippen molar-refractivity contribution < 1.29 is 13.2 Å². The van der Waals surface area contributed by atoms with Crippen LogP contribution in [-0.4, -0.2) is 28.1 Å². The predicted molar refractivity (Wildman–Crippen MR) is 75.9 cm³/mol. The molecule has 0 aromatic heterocycles. The Kier molecular flexibility index (Phi) is 5.34. The molecule has 0 aliphatic rings. The van der Waals surface area contributed by atoms with E-state index >= 15 is 0 Å².